The second-order valence-corrected chi connectivity index (χ2v) is 14.6. The van der Waals surface area contributed by atoms with Crippen LogP contribution >= 0.6 is 0 Å². The Morgan fingerprint density at radius 2 is 1.82 bits per heavy atom. The summed E-state index contributed by atoms with van der Waals surface area (Å²) in [5.41, 5.74) is 1.71. The monoisotopic (exact) mass is 679 g/mol. The number of fused-ring (bicyclic) bond motifs is 1. The van der Waals surface area contributed by atoms with Crippen molar-refractivity contribution in [3.63, 3.8) is 0 Å². The molecule has 50 heavy (non-hydrogen) atoms. The van der Waals surface area contributed by atoms with Gasteiger partial charge in [-0.15, -0.1) is 10.2 Å². The molecule has 4 aromatic rings. The lowest BCUT2D eigenvalue weighted by Crippen LogP contribution is -2.26. The molecule has 0 atom stereocenters. The molecule has 13 heteroatoms. The van der Waals surface area contributed by atoms with Crippen molar-refractivity contribution in [3.05, 3.63) is 76.6 Å². The molecule has 256 valence electrons. The van der Waals surface area contributed by atoms with E-state index in [-0.39, 0.29) is 29.9 Å². The lowest BCUT2D eigenvalue weighted by molar-refractivity contribution is -0.138. The molecule has 1 spiro atoms. The average molecular weight is 680 g/mol. The first-order valence-electron chi connectivity index (χ1n) is 16.6. The Hall–Kier alpha value is -5.27. The molecule has 7 rings (SSSR count). The number of nitriles is 2. The first-order chi connectivity index (χ1) is 23.8. The molecule has 2 fully saturated rings. The zero-order valence-electron chi connectivity index (χ0n) is 28.1. The molecule has 10 nitrogen and oxygen atoms in total. The number of rotatable bonds is 9. The van der Waals surface area contributed by atoms with E-state index in [4.69, 9.17) is 4.98 Å². The molecule has 1 saturated carbocycles. The third-order valence-corrected chi connectivity index (χ3v) is 10.1. The van der Waals surface area contributed by atoms with E-state index in [1.807, 2.05) is 13.8 Å². The first kappa shape index (κ1) is 33.2. The lowest BCUT2D eigenvalue weighted by atomic mass is 9.90. The summed E-state index contributed by atoms with van der Waals surface area (Å²) >= 11 is 0. The number of nitrogens with one attached hydrogen (secondary N) is 1. The summed E-state index contributed by atoms with van der Waals surface area (Å²) in [5.74, 6) is 0.482. The van der Waals surface area contributed by atoms with Crippen molar-refractivity contribution < 1.29 is 18.0 Å². The van der Waals surface area contributed by atoms with E-state index in [0.29, 0.717) is 58.0 Å². The number of aryl methyl sites for hydroxylation is 1. The van der Waals surface area contributed by atoms with Gasteiger partial charge in [-0.1, -0.05) is 13.8 Å². The Morgan fingerprint density at radius 1 is 1.02 bits per heavy atom. The van der Waals surface area contributed by atoms with Crippen LogP contribution < -0.4 is 10.2 Å². The van der Waals surface area contributed by atoms with Crippen LogP contribution in [0.5, 0.6) is 0 Å². The van der Waals surface area contributed by atoms with Gasteiger partial charge in [-0.2, -0.15) is 23.7 Å². The maximum atomic E-state index is 14.6. The van der Waals surface area contributed by atoms with E-state index in [1.54, 1.807) is 54.3 Å². The second kappa shape index (κ2) is 12.3. The maximum absolute atomic E-state index is 14.6. The summed E-state index contributed by atoms with van der Waals surface area (Å²) in [6.07, 6.45) is 0.547. The normalized spacial score (nSPS) is 16.8. The van der Waals surface area contributed by atoms with Crippen LogP contribution in [-0.2, 0) is 26.3 Å². The third kappa shape index (κ3) is 6.41. The van der Waals surface area contributed by atoms with Gasteiger partial charge in [-0.3, -0.25) is 14.6 Å². The molecule has 1 saturated heterocycles. The van der Waals surface area contributed by atoms with E-state index in [2.05, 4.69) is 32.6 Å². The van der Waals surface area contributed by atoms with Gasteiger partial charge in [-0.05, 0) is 101 Å². The highest BCUT2D eigenvalue weighted by Crippen LogP contribution is 2.53. The third-order valence-electron chi connectivity index (χ3n) is 10.1. The maximum Gasteiger partial charge on any atom is 0.416 e. The quantitative estimate of drug-likeness (QED) is 0.202. The summed E-state index contributed by atoms with van der Waals surface area (Å²) < 4.78 is 45.5. The number of carbonyl (C=O) groups is 1. The number of alkyl halides is 3. The molecular formula is C37H36F3N9O. The van der Waals surface area contributed by atoms with Crippen LogP contribution in [0.25, 0.3) is 22.5 Å². The summed E-state index contributed by atoms with van der Waals surface area (Å²) in [5, 5.41) is 30.7. The van der Waals surface area contributed by atoms with Gasteiger partial charge in [0, 0.05) is 44.2 Å². The largest absolute Gasteiger partial charge is 0.416 e. The van der Waals surface area contributed by atoms with Crippen molar-refractivity contribution in [2.75, 3.05) is 29.9 Å². The standard InChI is InChI=1S/C37H36F3N9O/c1-35(2,8-10-41)20-43-31-15-25(27-12-23(17-42)4-5-26(27)33-46-44-22-47(33)3)16-32(45-31)49-19-29-28(34(49)50)13-24(14-30(29)37(38,39)40)18-48-11-9-36(21-48)6-7-36/h4-5,12-16,22H,6-9,11,18-21H2,1-3H3,(H,43,45). The topological polar surface area (TPSA) is 127 Å². The number of benzene rings is 2. The molecule has 1 N–H and O–H groups in total. The van der Waals surface area contributed by atoms with Gasteiger partial charge in [-0.25, -0.2) is 4.98 Å². The number of halogens is 3. The minimum atomic E-state index is -4.66. The minimum Gasteiger partial charge on any atom is -0.369 e. The Bertz CT molecular complexity index is 2080. The summed E-state index contributed by atoms with van der Waals surface area (Å²) in [6, 6.07) is 15.7. The van der Waals surface area contributed by atoms with Crippen molar-refractivity contribution >= 4 is 17.5 Å². The van der Waals surface area contributed by atoms with E-state index in [0.717, 1.165) is 32.4 Å². The second-order valence-electron chi connectivity index (χ2n) is 14.6. The summed E-state index contributed by atoms with van der Waals surface area (Å²) in [7, 11) is 1.79. The number of nitrogens with zero attached hydrogens (tertiary/aromatic N) is 8. The minimum absolute atomic E-state index is 0.0262. The van der Waals surface area contributed by atoms with Crippen LogP contribution in [0.2, 0.25) is 0 Å². The fourth-order valence-corrected chi connectivity index (χ4v) is 7.08. The van der Waals surface area contributed by atoms with Gasteiger partial charge in [0.05, 0.1) is 29.8 Å². The smallest absolute Gasteiger partial charge is 0.369 e. The number of hydrogen-bond acceptors (Lipinski definition) is 8. The van der Waals surface area contributed by atoms with Gasteiger partial charge in [0.15, 0.2) is 5.82 Å². The number of aromatic nitrogens is 4. The van der Waals surface area contributed by atoms with Gasteiger partial charge in [0.1, 0.15) is 18.0 Å². The lowest BCUT2D eigenvalue weighted by Gasteiger charge is -2.23. The molecule has 1 amide bonds. The average Bonchev–Trinajstić information content (AvgIpc) is 3.33. The van der Waals surface area contributed by atoms with Crippen LogP contribution in [0.4, 0.5) is 24.8 Å². The Kier molecular flexibility index (Phi) is 8.14. The predicted molar refractivity (Wildman–Crippen MR) is 180 cm³/mol. The number of amides is 1. The number of anilines is 2. The Morgan fingerprint density at radius 3 is 2.48 bits per heavy atom. The Balaban J connectivity index is 1.31. The molecule has 0 bridgehead atoms. The van der Waals surface area contributed by atoms with Gasteiger partial charge < -0.3 is 9.88 Å². The summed E-state index contributed by atoms with van der Waals surface area (Å²) in [6.45, 7) is 5.97. The molecule has 1 aliphatic carbocycles. The molecule has 4 heterocycles. The van der Waals surface area contributed by atoms with E-state index < -0.39 is 23.1 Å². The van der Waals surface area contributed by atoms with Crippen molar-refractivity contribution in [1.29, 1.82) is 10.5 Å². The van der Waals surface area contributed by atoms with E-state index in [9.17, 15) is 28.5 Å². The fraction of sp³-hybridized carbons (Fsp3) is 0.405. The zero-order chi connectivity index (χ0) is 35.4. The number of pyridine rings is 1. The fourth-order valence-electron chi connectivity index (χ4n) is 7.08. The number of hydrogen-bond donors (Lipinski definition) is 1. The van der Waals surface area contributed by atoms with Gasteiger partial charge in [0.25, 0.3) is 5.91 Å². The molecule has 2 aromatic carbocycles. The van der Waals surface area contributed by atoms with Crippen molar-refractivity contribution in [2.45, 2.75) is 58.8 Å². The first-order valence-corrected chi connectivity index (χ1v) is 16.6. The molecule has 2 aromatic heterocycles. The zero-order valence-corrected chi connectivity index (χ0v) is 28.1. The number of carbonyl (C=O) groups excluding carboxylic acids is 1. The summed E-state index contributed by atoms with van der Waals surface area (Å²) in [4.78, 5) is 22.3. The van der Waals surface area contributed by atoms with Crippen LogP contribution in [-0.4, -0.2) is 50.2 Å². The number of likely N-dealkylation sites (tertiary alicyclic amines) is 1. The Labute approximate surface area is 288 Å². The van der Waals surface area contributed by atoms with Crippen LogP contribution in [0, 0.1) is 33.5 Å². The van der Waals surface area contributed by atoms with Gasteiger partial charge >= 0.3 is 6.18 Å². The van der Waals surface area contributed by atoms with Crippen LogP contribution in [0.3, 0.4) is 0 Å². The van der Waals surface area contributed by atoms with Crippen molar-refractivity contribution in [1.82, 2.24) is 24.6 Å². The molecule has 0 radical (unpaired) electrons. The highest BCUT2D eigenvalue weighted by atomic mass is 19.4. The van der Waals surface area contributed by atoms with Crippen molar-refractivity contribution in [3.8, 4) is 34.7 Å². The van der Waals surface area contributed by atoms with E-state index >= 15 is 0 Å². The van der Waals surface area contributed by atoms with Crippen molar-refractivity contribution in [2.24, 2.45) is 17.9 Å². The van der Waals surface area contributed by atoms with Crippen LogP contribution in [0.15, 0.2) is 48.8 Å². The van der Waals surface area contributed by atoms with Gasteiger partial charge in [0.2, 0.25) is 0 Å². The molecule has 0 unspecified atom stereocenters. The van der Waals surface area contributed by atoms with Crippen LogP contribution in [0.1, 0.15) is 72.1 Å². The molecule has 2 aliphatic heterocycles. The predicted octanol–water partition coefficient (Wildman–Crippen LogP) is 6.93. The molecular weight excluding hydrogens is 643 g/mol. The SMILES string of the molecule is Cn1cnnc1-c1ccc(C#N)cc1-c1cc(NCC(C)(C)CC#N)nc(N2Cc3c(cc(CN4CCC5(CC5)C4)cc3C(F)(F)F)C2=O)c1. The highest BCUT2D eigenvalue weighted by molar-refractivity contribution is 6.10. The highest BCUT2D eigenvalue weighted by Gasteiger charge is 2.48. The molecule has 3 aliphatic rings. The van der Waals surface area contributed by atoms with E-state index in [1.165, 1.54) is 11.0 Å².